The molecule has 0 saturated heterocycles. The van der Waals surface area contributed by atoms with Gasteiger partial charge in [0.2, 0.25) is 0 Å². The lowest BCUT2D eigenvalue weighted by atomic mass is 10.2. The number of aromatic nitrogens is 1. The Kier molecular flexibility index (Phi) is 6.75. The number of nitrogens with one attached hydrogen (secondary N) is 1. The van der Waals surface area contributed by atoms with Gasteiger partial charge in [0.1, 0.15) is 5.82 Å². The number of nitrogens with zero attached hydrogens (tertiary/aromatic N) is 1. The van der Waals surface area contributed by atoms with Crippen LogP contribution in [-0.2, 0) is 5.75 Å². The van der Waals surface area contributed by atoms with Gasteiger partial charge in [-0.3, -0.25) is 0 Å². The van der Waals surface area contributed by atoms with E-state index in [1.54, 1.807) is 0 Å². The third-order valence-electron chi connectivity index (χ3n) is 2.35. The third-order valence-corrected chi connectivity index (χ3v) is 3.70. The van der Waals surface area contributed by atoms with Gasteiger partial charge in [0.25, 0.3) is 0 Å². The van der Waals surface area contributed by atoms with Gasteiger partial charge in [-0.25, -0.2) is 4.98 Å². The van der Waals surface area contributed by atoms with Crippen LogP contribution in [0.2, 0.25) is 5.02 Å². The molecule has 0 unspecified atom stereocenters. The Hall–Kier alpha value is -0.410. The molecule has 1 heterocycles. The summed E-state index contributed by atoms with van der Waals surface area (Å²) in [6.07, 6.45) is 1.25. The molecule has 96 valence electrons. The number of halogens is 1. The van der Waals surface area contributed by atoms with Gasteiger partial charge < -0.3 is 5.32 Å². The molecule has 1 aromatic heterocycles. The molecule has 2 nitrogen and oxygen atoms in total. The molecule has 0 atom stereocenters. The Balaban J connectivity index is 2.48. The van der Waals surface area contributed by atoms with E-state index in [4.69, 9.17) is 11.6 Å². The van der Waals surface area contributed by atoms with Crippen molar-refractivity contribution in [2.24, 2.45) is 5.92 Å². The first-order chi connectivity index (χ1) is 8.13. The molecule has 0 aliphatic heterocycles. The van der Waals surface area contributed by atoms with Crippen LogP contribution in [0.3, 0.4) is 0 Å². The van der Waals surface area contributed by atoms with Gasteiger partial charge in [-0.2, -0.15) is 11.8 Å². The van der Waals surface area contributed by atoms with Crippen LogP contribution in [-0.4, -0.2) is 17.3 Å². The highest BCUT2D eigenvalue weighted by atomic mass is 35.5. The standard InChI is InChI=1S/C13H21ClN2S/c1-4-15-13-6-5-11(14)12(16-13)9-17-8-7-10(2)3/h5-6,10H,4,7-9H2,1-3H3,(H,15,16). The monoisotopic (exact) mass is 272 g/mol. The molecule has 17 heavy (non-hydrogen) atoms. The number of thioether (sulfide) groups is 1. The summed E-state index contributed by atoms with van der Waals surface area (Å²) in [5, 5.41) is 3.97. The first-order valence-corrected chi connectivity index (χ1v) is 7.63. The Morgan fingerprint density at radius 2 is 2.18 bits per heavy atom. The van der Waals surface area contributed by atoms with Crippen LogP contribution in [0.25, 0.3) is 0 Å². The number of hydrogen-bond donors (Lipinski definition) is 1. The highest BCUT2D eigenvalue weighted by Gasteiger charge is 2.04. The number of hydrogen-bond acceptors (Lipinski definition) is 3. The van der Waals surface area contributed by atoms with Gasteiger partial charge in [0, 0.05) is 12.3 Å². The minimum atomic E-state index is 0.763. The first kappa shape index (κ1) is 14.7. The van der Waals surface area contributed by atoms with E-state index >= 15 is 0 Å². The number of pyridine rings is 1. The SMILES string of the molecule is CCNc1ccc(Cl)c(CSCCC(C)C)n1. The second-order valence-corrected chi connectivity index (χ2v) is 5.90. The summed E-state index contributed by atoms with van der Waals surface area (Å²) < 4.78 is 0. The van der Waals surface area contributed by atoms with Gasteiger partial charge >= 0.3 is 0 Å². The second-order valence-electron chi connectivity index (χ2n) is 4.39. The summed E-state index contributed by atoms with van der Waals surface area (Å²) in [5.74, 6) is 3.74. The van der Waals surface area contributed by atoms with Crippen molar-refractivity contribution in [3.63, 3.8) is 0 Å². The Morgan fingerprint density at radius 1 is 1.41 bits per heavy atom. The summed E-state index contributed by atoms with van der Waals surface area (Å²) >= 11 is 8.04. The zero-order chi connectivity index (χ0) is 12.7. The van der Waals surface area contributed by atoms with Gasteiger partial charge in [-0.15, -0.1) is 0 Å². The zero-order valence-electron chi connectivity index (χ0n) is 10.8. The topological polar surface area (TPSA) is 24.9 Å². The highest BCUT2D eigenvalue weighted by molar-refractivity contribution is 7.98. The van der Waals surface area contributed by atoms with Crippen LogP contribution >= 0.6 is 23.4 Å². The van der Waals surface area contributed by atoms with Crippen LogP contribution in [0, 0.1) is 5.92 Å². The van der Waals surface area contributed by atoms with E-state index in [0.29, 0.717) is 0 Å². The van der Waals surface area contributed by atoms with E-state index in [0.717, 1.165) is 34.7 Å². The fourth-order valence-corrected chi connectivity index (χ4v) is 2.80. The van der Waals surface area contributed by atoms with Gasteiger partial charge in [0.05, 0.1) is 10.7 Å². The lowest BCUT2D eigenvalue weighted by Gasteiger charge is -2.08. The fraction of sp³-hybridized carbons (Fsp3) is 0.615. The van der Waals surface area contributed by atoms with Crippen molar-refractivity contribution in [1.82, 2.24) is 4.98 Å². The predicted molar refractivity (Wildman–Crippen MR) is 79.0 cm³/mol. The lowest BCUT2D eigenvalue weighted by Crippen LogP contribution is -2.01. The summed E-state index contributed by atoms with van der Waals surface area (Å²) in [7, 11) is 0. The Morgan fingerprint density at radius 3 is 2.82 bits per heavy atom. The fourth-order valence-electron chi connectivity index (χ4n) is 1.35. The number of anilines is 1. The highest BCUT2D eigenvalue weighted by Crippen LogP contribution is 2.22. The number of rotatable bonds is 7. The molecular formula is C13H21ClN2S. The summed E-state index contributed by atoms with van der Waals surface area (Å²) in [4.78, 5) is 4.51. The van der Waals surface area contributed by atoms with E-state index < -0.39 is 0 Å². The van der Waals surface area contributed by atoms with Crippen molar-refractivity contribution in [1.29, 1.82) is 0 Å². The minimum Gasteiger partial charge on any atom is -0.370 e. The maximum absolute atomic E-state index is 6.13. The molecule has 0 aliphatic rings. The van der Waals surface area contributed by atoms with Gasteiger partial charge in [-0.1, -0.05) is 25.4 Å². The van der Waals surface area contributed by atoms with Crippen molar-refractivity contribution < 1.29 is 0 Å². The summed E-state index contributed by atoms with van der Waals surface area (Å²) in [5.41, 5.74) is 0.985. The molecule has 1 N–H and O–H groups in total. The molecule has 1 aromatic rings. The molecule has 1 rings (SSSR count). The van der Waals surface area contributed by atoms with E-state index in [1.165, 1.54) is 12.2 Å². The van der Waals surface area contributed by atoms with Crippen molar-refractivity contribution in [2.45, 2.75) is 32.9 Å². The van der Waals surface area contributed by atoms with Crippen LogP contribution < -0.4 is 5.32 Å². The van der Waals surface area contributed by atoms with Crippen molar-refractivity contribution in [3.8, 4) is 0 Å². The largest absolute Gasteiger partial charge is 0.370 e. The molecule has 4 heteroatoms. The van der Waals surface area contributed by atoms with E-state index in [9.17, 15) is 0 Å². The Labute approximate surface area is 114 Å². The van der Waals surface area contributed by atoms with Crippen LogP contribution in [0.15, 0.2) is 12.1 Å². The van der Waals surface area contributed by atoms with Crippen LogP contribution in [0.1, 0.15) is 32.9 Å². The molecule has 0 saturated carbocycles. The van der Waals surface area contributed by atoms with Gasteiger partial charge in [0.15, 0.2) is 0 Å². The normalized spacial score (nSPS) is 10.9. The molecular weight excluding hydrogens is 252 g/mol. The van der Waals surface area contributed by atoms with E-state index in [2.05, 4.69) is 31.1 Å². The summed E-state index contributed by atoms with van der Waals surface area (Å²) in [6, 6.07) is 3.85. The third kappa shape index (κ3) is 5.64. The molecule has 0 aromatic carbocycles. The molecule has 0 aliphatic carbocycles. The summed E-state index contributed by atoms with van der Waals surface area (Å²) in [6.45, 7) is 7.44. The first-order valence-electron chi connectivity index (χ1n) is 6.10. The minimum absolute atomic E-state index is 0.763. The van der Waals surface area contributed by atoms with E-state index in [1.807, 2.05) is 23.9 Å². The average Bonchev–Trinajstić information content (AvgIpc) is 2.28. The molecule has 0 bridgehead atoms. The lowest BCUT2D eigenvalue weighted by molar-refractivity contribution is 0.632. The van der Waals surface area contributed by atoms with Crippen molar-refractivity contribution in [3.05, 3.63) is 22.8 Å². The van der Waals surface area contributed by atoms with E-state index in [-0.39, 0.29) is 0 Å². The predicted octanol–water partition coefficient (Wildman–Crippen LogP) is 4.45. The maximum atomic E-state index is 6.13. The van der Waals surface area contributed by atoms with Crippen LogP contribution in [0.5, 0.6) is 0 Å². The van der Waals surface area contributed by atoms with Crippen molar-refractivity contribution >= 4 is 29.2 Å². The second kappa shape index (κ2) is 7.83. The zero-order valence-corrected chi connectivity index (χ0v) is 12.4. The molecule has 0 fully saturated rings. The smallest absolute Gasteiger partial charge is 0.126 e. The van der Waals surface area contributed by atoms with Crippen LogP contribution in [0.4, 0.5) is 5.82 Å². The molecule has 0 spiro atoms. The average molecular weight is 273 g/mol. The van der Waals surface area contributed by atoms with Crippen molar-refractivity contribution in [2.75, 3.05) is 17.6 Å². The Bertz CT molecular complexity index is 342. The quantitative estimate of drug-likeness (QED) is 0.743. The maximum Gasteiger partial charge on any atom is 0.126 e. The van der Waals surface area contributed by atoms with Gasteiger partial charge in [-0.05, 0) is 37.1 Å². The molecule has 0 radical (unpaired) electrons. The molecule has 0 amide bonds.